The maximum absolute atomic E-state index is 11.3. The van der Waals surface area contributed by atoms with E-state index < -0.39 is 5.91 Å². The van der Waals surface area contributed by atoms with Gasteiger partial charge < -0.3 is 9.55 Å². The fourth-order valence-corrected chi connectivity index (χ4v) is 5.19. The molecule has 34 heavy (non-hydrogen) atoms. The maximum atomic E-state index is 11.3. The molecule has 0 saturated heterocycles. The Kier molecular flexibility index (Phi) is 6.34. The molecule has 0 bridgehead atoms. The molecule has 6 heteroatoms. The molecule has 6 nitrogen and oxygen atoms in total. The largest absolute Gasteiger partial charge is 0.364 e. The van der Waals surface area contributed by atoms with Crippen molar-refractivity contribution in [3.05, 3.63) is 101 Å². The molecule has 0 fully saturated rings. The van der Waals surface area contributed by atoms with Crippen molar-refractivity contribution in [2.75, 3.05) is 6.54 Å². The quantitative estimate of drug-likeness (QED) is 0.200. The van der Waals surface area contributed by atoms with Crippen molar-refractivity contribution < 1.29 is 10.0 Å². The van der Waals surface area contributed by atoms with Crippen molar-refractivity contribution in [3.63, 3.8) is 0 Å². The van der Waals surface area contributed by atoms with E-state index in [9.17, 15) is 4.79 Å². The van der Waals surface area contributed by atoms with Gasteiger partial charge in [0.05, 0.1) is 0 Å². The summed E-state index contributed by atoms with van der Waals surface area (Å²) in [5.41, 5.74) is 9.11. The molecule has 0 aliphatic heterocycles. The number of fused-ring (bicyclic) bond motifs is 2. The van der Waals surface area contributed by atoms with Crippen LogP contribution in [0.4, 0.5) is 0 Å². The van der Waals surface area contributed by atoms with E-state index in [0.717, 1.165) is 38.0 Å². The molecule has 2 heterocycles. The Morgan fingerprint density at radius 3 is 2.94 bits per heavy atom. The van der Waals surface area contributed by atoms with Crippen molar-refractivity contribution in [2.45, 2.75) is 38.9 Å². The molecule has 1 unspecified atom stereocenters. The summed E-state index contributed by atoms with van der Waals surface area (Å²) >= 11 is 0. The lowest BCUT2D eigenvalue weighted by molar-refractivity contribution is -0.124. The van der Waals surface area contributed by atoms with Crippen LogP contribution in [0.2, 0.25) is 0 Å². The molecule has 0 radical (unpaired) electrons. The molecular weight excluding hydrogens is 424 g/mol. The van der Waals surface area contributed by atoms with Gasteiger partial charge in [0.15, 0.2) is 0 Å². The third-order valence-electron chi connectivity index (χ3n) is 6.84. The summed E-state index contributed by atoms with van der Waals surface area (Å²) < 4.78 is 2.38. The van der Waals surface area contributed by atoms with Crippen LogP contribution in [-0.2, 0) is 24.3 Å². The number of carbonyl (C=O) groups is 1. The number of hydroxylamine groups is 1. The Bertz CT molecular complexity index is 1320. The first-order chi connectivity index (χ1) is 16.6. The first-order valence-electron chi connectivity index (χ1n) is 11.8. The highest BCUT2D eigenvalue weighted by atomic mass is 16.5. The summed E-state index contributed by atoms with van der Waals surface area (Å²) in [6.07, 6.45) is 9.41. The van der Waals surface area contributed by atoms with Crippen LogP contribution in [0.3, 0.4) is 0 Å². The Balaban J connectivity index is 1.39. The lowest BCUT2D eigenvalue weighted by Gasteiger charge is -2.29. The van der Waals surface area contributed by atoms with Crippen LogP contribution in [0, 0.1) is 6.92 Å². The molecule has 0 saturated carbocycles. The topological polar surface area (TPSA) is 73.3 Å². The van der Waals surface area contributed by atoms with Gasteiger partial charge in [0.25, 0.3) is 5.91 Å². The number of para-hydroxylation sites is 1. The van der Waals surface area contributed by atoms with Gasteiger partial charge in [-0.1, -0.05) is 36.4 Å². The van der Waals surface area contributed by atoms with E-state index in [2.05, 4.69) is 76.1 Å². The van der Waals surface area contributed by atoms with Crippen molar-refractivity contribution in [1.29, 1.82) is 0 Å². The molecule has 3 N–H and O–H groups in total. The van der Waals surface area contributed by atoms with E-state index in [1.54, 1.807) is 11.6 Å². The molecule has 4 aromatic rings. The zero-order chi connectivity index (χ0) is 23.5. The summed E-state index contributed by atoms with van der Waals surface area (Å²) in [4.78, 5) is 17.3. The number of amides is 1. The van der Waals surface area contributed by atoms with Gasteiger partial charge in [-0.05, 0) is 66.3 Å². The zero-order valence-corrected chi connectivity index (χ0v) is 19.4. The molecular formula is C28H30N4O2. The highest BCUT2D eigenvalue weighted by Crippen LogP contribution is 2.37. The van der Waals surface area contributed by atoms with Gasteiger partial charge >= 0.3 is 0 Å². The number of aromatic nitrogens is 2. The van der Waals surface area contributed by atoms with Gasteiger partial charge in [-0.2, -0.15) is 0 Å². The van der Waals surface area contributed by atoms with Gasteiger partial charge in [-0.15, -0.1) is 0 Å². The number of nitrogens with zero attached hydrogens (tertiary/aromatic N) is 2. The second kappa shape index (κ2) is 9.71. The van der Waals surface area contributed by atoms with E-state index in [4.69, 9.17) is 5.21 Å². The van der Waals surface area contributed by atoms with Gasteiger partial charge in [0.1, 0.15) is 0 Å². The Morgan fingerprint density at radius 2 is 2.12 bits per heavy atom. The third kappa shape index (κ3) is 4.55. The molecule has 174 valence electrons. The second-order valence-corrected chi connectivity index (χ2v) is 9.01. The lowest BCUT2D eigenvalue weighted by atomic mass is 10.0. The first kappa shape index (κ1) is 22.2. The van der Waals surface area contributed by atoms with Crippen LogP contribution in [0.15, 0.2) is 73.1 Å². The highest BCUT2D eigenvalue weighted by molar-refractivity contribution is 5.90. The minimum absolute atomic E-state index is 0.347. The maximum Gasteiger partial charge on any atom is 0.267 e. The number of hydrogen-bond acceptors (Lipinski definition) is 3. The van der Waals surface area contributed by atoms with Crippen molar-refractivity contribution >= 4 is 22.9 Å². The number of hydrogen-bond donors (Lipinski definition) is 3. The predicted octanol–water partition coefficient (Wildman–Crippen LogP) is 4.99. The fraction of sp³-hybridized carbons (Fsp3) is 0.250. The van der Waals surface area contributed by atoms with E-state index >= 15 is 0 Å². The number of rotatable bonds is 8. The molecule has 0 spiro atoms. The Morgan fingerprint density at radius 1 is 1.24 bits per heavy atom. The predicted molar refractivity (Wildman–Crippen MR) is 134 cm³/mol. The minimum atomic E-state index is -0.525. The smallest absolute Gasteiger partial charge is 0.267 e. The first-order valence-corrected chi connectivity index (χ1v) is 11.8. The summed E-state index contributed by atoms with van der Waals surface area (Å²) in [6, 6.07) is 19.6. The van der Waals surface area contributed by atoms with Crippen LogP contribution in [-0.4, -0.2) is 32.1 Å². The molecule has 5 rings (SSSR count). The molecule has 1 atom stereocenters. The average molecular weight is 455 g/mol. The number of nitrogens with one attached hydrogen (secondary N) is 2. The summed E-state index contributed by atoms with van der Waals surface area (Å²) in [5.74, 6) is -0.525. The number of aryl methyl sites for hydroxylation is 2. The van der Waals surface area contributed by atoms with Crippen LogP contribution in [0.5, 0.6) is 0 Å². The van der Waals surface area contributed by atoms with Crippen molar-refractivity contribution in [3.8, 4) is 0 Å². The zero-order valence-electron chi connectivity index (χ0n) is 19.4. The summed E-state index contributed by atoms with van der Waals surface area (Å²) in [5, 5.41) is 10.0. The van der Waals surface area contributed by atoms with Gasteiger partial charge in [0, 0.05) is 60.7 Å². The van der Waals surface area contributed by atoms with Crippen LogP contribution in [0.25, 0.3) is 17.0 Å². The minimum Gasteiger partial charge on any atom is -0.364 e. The van der Waals surface area contributed by atoms with Crippen LogP contribution >= 0.6 is 0 Å². The van der Waals surface area contributed by atoms with Gasteiger partial charge in [-0.3, -0.25) is 14.9 Å². The monoisotopic (exact) mass is 454 g/mol. The number of aromatic amines is 1. The summed E-state index contributed by atoms with van der Waals surface area (Å²) in [7, 11) is 0. The van der Waals surface area contributed by atoms with E-state index in [1.165, 1.54) is 39.4 Å². The number of H-pyrrole nitrogens is 1. The molecule has 2 aromatic carbocycles. The summed E-state index contributed by atoms with van der Waals surface area (Å²) in [6.45, 7) is 4.92. The van der Waals surface area contributed by atoms with Crippen molar-refractivity contribution in [2.24, 2.45) is 0 Å². The van der Waals surface area contributed by atoms with E-state index in [0.29, 0.717) is 6.04 Å². The molecule has 1 aliphatic carbocycles. The SMILES string of the molecule is Cc1cn(CCN(Cc2ccc[nH]2)C2CCc3cc(C=CC(=O)NO)ccc32)c2ccccc12. The molecule has 1 aliphatic rings. The van der Waals surface area contributed by atoms with E-state index in [1.807, 2.05) is 12.3 Å². The van der Waals surface area contributed by atoms with Gasteiger partial charge in [0.2, 0.25) is 0 Å². The average Bonchev–Trinajstić information content (AvgIpc) is 3.60. The highest BCUT2D eigenvalue weighted by Gasteiger charge is 2.28. The second-order valence-electron chi connectivity index (χ2n) is 9.01. The molecule has 2 aromatic heterocycles. The Hall–Kier alpha value is -3.61. The van der Waals surface area contributed by atoms with Crippen LogP contribution in [0.1, 0.15) is 40.4 Å². The third-order valence-corrected chi connectivity index (χ3v) is 6.84. The number of carbonyl (C=O) groups excluding carboxylic acids is 1. The van der Waals surface area contributed by atoms with Crippen LogP contribution < -0.4 is 5.48 Å². The van der Waals surface area contributed by atoms with E-state index in [-0.39, 0.29) is 0 Å². The number of benzene rings is 2. The standard InChI is InChI=1S/C28H30N4O2/c1-20-18-31(26-7-3-2-6-24(20)26)15-16-32(19-23-5-4-14-29-23)27-12-10-22-17-21(8-11-25(22)27)9-13-28(33)30-34/h2-9,11,13-14,17-18,27,29,34H,10,12,15-16,19H2,1H3,(H,30,33). The fourth-order valence-electron chi connectivity index (χ4n) is 5.19. The normalized spacial score (nSPS) is 15.4. The van der Waals surface area contributed by atoms with Crippen molar-refractivity contribution in [1.82, 2.24) is 19.9 Å². The molecule has 1 amide bonds. The lowest BCUT2D eigenvalue weighted by Crippen LogP contribution is -2.30. The van der Waals surface area contributed by atoms with Gasteiger partial charge in [-0.25, -0.2) is 5.48 Å². The Labute approximate surface area is 199 Å².